The van der Waals surface area contributed by atoms with Crippen molar-refractivity contribution in [2.45, 2.75) is 9.79 Å². The van der Waals surface area contributed by atoms with Crippen molar-refractivity contribution in [3.05, 3.63) is 67.1 Å². The summed E-state index contributed by atoms with van der Waals surface area (Å²) in [6, 6.07) is 12.7. The molecule has 0 bridgehead atoms. The maximum Gasteiger partial charge on any atom is 0.239 e. The fraction of sp³-hybridized carbons (Fsp3) is 0. The Morgan fingerprint density at radius 1 is 0.767 bits per heavy atom. The molecule has 0 spiro atoms. The van der Waals surface area contributed by atoms with E-state index in [1.165, 1.54) is 24.4 Å². The van der Waals surface area contributed by atoms with Crippen molar-refractivity contribution in [2.24, 2.45) is 10.3 Å². The first-order chi connectivity index (χ1) is 14.1. The highest BCUT2D eigenvalue weighted by atomic mass is 32.2. The number of sulfonamides is 2. The zero-order valence-electron chi connectivity index (χ0n) is 15.3. The minimum Gasteiger partial charge on any atom is -0.263 e. The smallest absolute Gasteiger partial charge is 0.239 e. The third-order valence-electron chi connectivity index (χ3n) is 4.39. The van der Waals surface area contributed by atoms with Crippen LogP contribution in [0.15, 0.2) is 76.9 Å². The molecule has 0 aliphatic heterocycles. The third kappa shape index (κ3) is 3.91. The third-order valence-corrected chi connectivity index (χ3v) is 6.19. The molecule has 3 heterocycles. The molecule has 4 rings (SSSR count). The first-order valence-corrected chi connectivity index (χ1v) is 11.6. The van der Waals surface area contributed by atoms with Gasteiger partial charge < -0.3 is 0 Å². The Morgan fingerprint density at radius 2 is 1.50 bits per heavy atom. The SMILES string of the molecule is NS(=O)(=O)c1cncc(-c2ccc3nccc(-c4cccc(S(N)(=O)=O)c4)c3n2)c1. The molecule has 0 saturated carbocycles. The summed E-state index contributed by atoms with van der Waals surface area (Å²) < 4.78 is 46.7. The van der Waals surface area contributed by atoms with Crippen LogP contribution >= 0.6 is 0 Å². The van der Waals surface area contributed by atoms with Gasteiger partial charge in [0, 0.05) is 29.7 Å². The van der Waals surface area contributed by atoms with E-state index in [1.54, 1.807) is 36.5 Å². The molecule has 0 aliphatic rings. The first kappa shape index (κ1) is 20.0. The topological polar surface area (TPSA) is 159 Å². The van der Waals surface area contributed by atoms with Gasteiger partial charge in [-0.15, -0.1) is 0 Å². The van der Waals surface area contributed by atoms with Crippen molar-refractivity contribution < 1.29 is 16.8 Å². The van der Waals surface area contributed by atoms with E-state index in [0.29, 0.717) is 33.4 Å². The van der Waals surface area contributed by atoms with E-state index in [2.05, 4.69) is 15.0 Å². The maximum atomic E-state index is 11.7. The van der Waals surface area contributed by atoms with Crippen molar-refractivity contribution in [3.8, 4) is 22.4 Å². The lowest BCUT2D eigenvalue weighted by Crippen LogP contribution is -2.12. The second kappa shape index (κ2) is 7.22. The van der Waals surface area contributed by atoms with Crippen LogP contribution in [0.5, 0.6) is 0 Å². The van der Waals surface area contributed by atoms with E-state index in [9.17, 15) is 16.8 Å². The molecule has 11 heteroatoms. The van der Waals surface area contributed by atoms with Crippen LogP contribution in [0.1, 0.15) is 0 Å². The van der Waals surface area contributed by atoms with E-state index in [-0.39, 0.29) is 9.79 Å². The Bertz CT molecular complexity index is 1500. The molecule has 30 heavy (non-hydrogen) atoms. The number of rotatable bonds is 4. The molecule has 0 fully saturated rings. The lowest BCUT2D eigenvalue weighted by atomic mass is 10.0. The van der Waals surface area contributed by atoms with Gasteiger partial charge in [0.2, 0.25) is 20.0 Å². The van der Waals surface area contributed by atoms with Crippen LogP contribution in [0.4, 0.5) is 0 Å². The van der Waals surface area contributed by atoms with Crippen LogP contribution in [-0.4, -0.2) is 31.8 Å². The fourth-order valence-electron chi connectivity index (χ4n) is 2.97. The summed E-state index contributed by atoms with van der Waals surface area (Å²) in [6.45, 7) is 0. The van der Waals surface area contributed by atoms with E-state index < -0.39 is 20.0 Å². The Kier molecular flexibility index (Phi) is 4.82. The molecule has 0 atom stereocenters. The van der Waals surface area contributed by atoms with Crippen LogP contribution in [0, 0.1) is 0 Å². The number of pyridine rings is 3. The summed E-state index contributed by atoms with van der Waals surface area (Å²) >= 11 is 0. The molecule has 4 N–H and O–H groups in total. The van der Waals surface area contributed by atoms with Crippen molar-refractivity contribution in [2.75, 3.05) is 0 Å². The number of aromatic nitrogens is 3. The second-order valence-corrected chi connectivity index (χ2v) is 9.57. The van der Waals surface area contributed by atoms with E-state index >= 15 is 0 Å². The van der Waals surface area contributed by atoms with Gasteiger partial charge in [-0.25, -0.2) is 32.1 Å². The minimum absolute atomic E-state index is 0.0221. The normalized spacial score (nSPS) is 12.2. The Morgan fingerprint density at radius 3 is 2.23 bits per heavy atom. The second-order valence-electron chi connectivity index (χ2n) is 6.45. The van der Waals surface area contributed by atoms with Crippen LogP contribution in [0.25, 0.3) is 33.4 Å². The lowest BCUT2D eigenvalue weighted by molar-refractivity contribution is 0.596. The monoisotopic (exact) mass is 441 g/mol. The van der Waals surface area contributed by atoms with Gasteiger partial charge in [-0.1, -0.05) is 12.1 Å². The average Bonchev–Trinajstić information content (AvgIpc) is 2.72. The van der Waals surface area contributed by atoms with Gasteiger partial charge >= 0.3 is 0 Å². The highest BCUT2D eigenvalue weighted by Crippen LogP contribution is 2.30. The Balaban J connectivity index is 1.91. The largest absolute Gasteiger partial charge is 0.263 e. The molecule has 0 unspecified atom stereocenters. The summed E-state index contributed by atoms with van der Waals surface area (Å²) in [5.74, 6) is 0. The Labute approximate surface area is 172 Å². The molecule has 152 valence electrons. The molecule has 9 nitrogen and oxygen atoms in total. The number of hydrogen-bond donors (Lipinski definition) is 2. The minimum atomic E-state index is -3.92. The maximum absolute atomic E-state index is 11.7. The predicted octanol–water partition coefficient (Wildman–Crippen LogP) is 1.65. The highest BCUT2D eigenvalue weighted by Gasteiger charge is 2.14. The van der Waals surface area contributed by atoms with E-state index in [4.69, 9.17) is 10.3 Å². The molecule has 0 amide bonds. The molecule has 1 aromatic carbocycles. The number of nitrogens with two attached hydrogens (primary N) is 2. The summed E-state index contributed by atoms with van der Waals surface area (Å²) in [6.07, 6.45) is 4.22. The van der Waals surface area contributed by atoms with Gasteiger partial charge in [-0.3, -0.25) is 9.97 Å². The predicted molar refractivity (Wildman–Crippen MR) is 111 cm³/mol. The molecule has 0 saturated heterocycles. The standard InChI is InChI=1S/C19H15N5O4S2/c20-29(25,26)14-3-1-2-12(8-14)16-6-7-23-18-5-4-17(24-19(16)18)13-9-15(11-22-10-13)30(21,27)28/h1-11H,(H2,20,25,26)(H2,21,27,28). The van der Waals surface area contributed by atoms with Crippen molar-refractivity contribution >= 4 is 31.1 Å². The number of primary sulfonamides is 2. The number of hydrogen-bond acceptors (Lipinski definition) is 7. The molecule has 4 aromatic rings. The van der Waals surface area contributed by atoms with Crippen molar-refractivity contribution in [3.63, 3.8) is 0 Å². The van der Waals surface area contributed by atoms with Gasteiger partial charge in [0.25, 0.3) is 0 Å². The van der Waals surface area contributed by atoms with Gasteiger partial charge in [0.1, 0.15) is 4.90 Å². The quantitative estimate of drug-likeness (QED) is 0.487. The summed E-state index contributed by atoms with van der Waals surface area (Å²) in [5.41, 5.74) is 3.22. The molecule has 0 aliphatic carbocycles. The molecular weight excluding hydrogens is 426 g/mol. The van der Waals surface area contributed by atoms with Crippen molar-refractivity contribution in [1.82, 2.24) is 15.0 Å². The number of nitrogens with zero attached hydrogens (tertiary/aromatic N) is 3. The van der Waals surface area contributed by atoms with Gasteiger partial charge in [0.05, 0.1) is 21.6 Å². The number of benzene rings is 1. The van der Waals surface area contributed by atoms with E-state index in [0.717, 1.165) is 6.20 Å². The average molecular weight is 441 g/mol. The van der Waals surface area contributed by atoms with Crippen LogP contribution < -0.4 is 10.3 Å². The van der Waals surface area contributed by atoms with E-state index in [1.807, 2.05) is 0 Å². The first-order valence-electron chi connectivity index (χ1n) is 8.50. The number of fused-ring (bicyclic) bond motifs is 1. The zero-order valence-corrected chi connectivity index (χ0v) is 16.9. The van der Waals surface area contributed by atoms with Crippen molar-refractivity contribution in [1.29, 1.82) is 0 Å². The van der Waals surface area contributed by atoms with Gasteiger partial charge in [-0.05, 0) is 42.0 Å². The fourth-order valence-corrected chi connectivity index (χ4v) is 4.03. The Hall–Kier alpha value is -3.25. The summed E-state index contributed by atoms with van der Waals surface area (Å²) in [5, 5.41) is 10.4. The van der Waals surface area contributed by atoms with Gasteiger partial charge in [0.15, 0.2) is 0 Å². The summed E-state index contributed by atoms with van der Waals surface area (Å²) in [7, 11) is -7.79. The van der Waals surface area contributed by atoms with Crippen LogP contribution in [-0.2, 0) is 20.0 Å². The molecule has 3 aromatic heterocycles. The van der Waals surface area contributed by atoms with Crippen LogP contribution in [0.3, 0.4) is 0 Å². The highest BCUT2D eigenvalue weighted by molar-refractivity contribution is 7.89. The molecular formula is C19H15N5O4S2. The molecule has 0 radical (unpaired) electrons. The summed E-state index contributed by atoms with van der Waals surface area (Å²) in [4.78, 5) is 12.7. The van der Waals surface area contributed by atoms with Crippen LogP contribution in [0.2, 0.25) is 0 Å². The van der Waals surface area contributed by atoms with Gasteiger partial charge in [-0.2, -0.15) is 0 Å². The lowest BCUT2D eigenvalue weighted by Gasteiger charge is -2.09. The zero-order chi connectivity index (χ0) is 21.5.